The highest BCUT2D eigenvalue weighted by atomic mass is 16.6. The number of fused-ring (bicyclic) bond motifs is 1. The molecule has 0 saturated heterocycles. The lowest BCUT2D eigenvalue weighted by Gasteiger charge is -2.61. The van der Waals surface area contributed by atoms with Crippen molar-refractivity contribution < 1.29 is 33.3 Å². The molecule has 2 aliphatic carbocycles. The Labute approximate surface area is 225 Å². The maximum atomic E-state index is 13.6. The number of methoxy groups -OCH3 is 2. The first-order valence-electron chi connectivity index (χ1n) is 13.4. The van der Waals surface area contributed by atoms with Crippen LogP contribution >= 0.6 is 0 Å². The van der Waals surface area contributed by atoms with Crippen molar-refractivity contribution in [3.63, 3.8) is 0 Å². The summed E-state index contributed by atoms with van der Waals surface area (Å²) in [5.74, 6) is -0.748. The third-order valence-electron chi connectivity index (χ3n) is 9.23. The molecule has 0 aromatic carbocycles. The number of hydrogen-bond acceptors (Lipinski definition) is 8. The standard InChI is InChI=1S/C30H44O8/c1-17-10-11-22-29(6,13-12-23(38-19(3)31)30(22,7)15-14-28(4,5)34)21(17)16-20-25(32)24(26(33)35-8)18(2)37-27(20)36-9/h21-23,34H,1,10-16H2,2-9H3/t21-,22-,23-,29-,30+/m0/s1. The molecular weight excluding hydrogens is 488 g/mol. The minimum Gasteiger partial charge on any atom is -0.468 e. The largest absolute Gasteiger partial charge is 0.468 e. The zero-order valence-corrected chi connectivity index (χ0v) is 24.2. The minimum atomic E-state index is -0.853. The topological polar surface area (TPSA) is 112 Å². The number of rotatable bonds is 8. The Morgan fingerprint density at radius 3 is 2.42 bits per heavy atom. The van der Waals surface area contributed by atoms with Crippen molar-refractivity contribution in [1.82, 2.24) is 0 Å². The van der Waals surface area contributed by atoms with E-state index in [1.54, 1.807) is 20.8 Å². The van der Waals surface area contributed by atoms with Crippen LogP contribution in [0, 0.1) is 29.6 Å². The second kappa shape index (κ2) is 10.9. The van der Waals surface area contributed by atoms with Gasteiger partial charge in [0.2, 0.25) is 5.43 Å². The van der Waals surface area contributed by atoms with E-state index in [0.717, 1.165) is 24.8 Å². The fraction of sp³-hybridized carbons (Fsp3) is 0.700. The normalized spacial score (nSPS) is 29.4. The van der Waals surface area contributed by atoms with Gasteiger partial charge in [-0.05, 0) is 83.0 Å². The van der Waals surface area contributed by atoms with Gasteiger partial charge in [0.15, 0.2) is 0 Å². The third kappa shape index (κ3) is 5.56. The molecule has 0 radical (unpaired) electrons. The molecular formula is C30H44O8. The van der Waals surface area contributed by atoms with Crippen molar-refractivity contribution in [2.75, 3.05) is 14.2 Å². The number of aliphatic hydroxyl groups is 1. The van der Waals surface area contributed by atoms with Crippen molar-refractivity contribution >= 4 is 11.9 Å². The first-order valence-corrected chi connectivity index (χ1v) is 13.4. The molecule has 38 heavy (non-hydrogen) atoms. The predicted molar refractivity (Wildman–Crippen MR) is 143 cm³/mol. The van der Waals surface area contributed by atoms with Crippen molar-refractivity contribution in [2.24, 2.45) is 22.7 Å². The second-order valence-electron chi connectivity index (χ2n) is 12.3. The molecule has 2 fully saturated rings. The quantitative estimate of drug-likeness (QED) is 0.361. The van der Waals surface area contributed by atoms with Crippen LogP contribution in [0.3, 0.4) is 0 Å². The molecule has 1 aromatic rings. The second-order valence-corrected chi connectivity index (χ2v) is 12.3. The number of carbonyl (C=O) groups is 2. The van der Waals surface area contributed by atoms with E-state index in [4.69, 9.17) is 18.6 Å². The fourth-order valence-electron chi connectivity index (χ4n) is 7.19. The van der Waals surface area contributed by atoms with E-state index < -0.39 is 17.0 Å². The van der Waals surface area contributed by atoms with Gasteiger partial charge in [0, 0.05) is 12.3 Å². The Morgan fingerprint density at radius 1 is 1.21 bits per heavy atom. The van der Waals surface area contributed by atoms with Gasteiger partial charge < -0.3 is 23.7 Å². The summed E-state index contributed by atoms with van der Waals surface area (Å²) in [6, 6.07) is 0. The van der Waals surface area contributed by atoms with Gasteiger partial charge >= 0.3 is 11.9 Å². The van der Waals surface area contributed by atoms with Gasteiger partial charge in [-0.15, -0.1) is 0 Å². The summed E-state index contributed by atoms with van der Waals surface area (Å²) in [6.07, 6.45) is 4.39. The van der Waals surface area contributed by atoms with Gasteiger partial charge in [-0.25, -0.2) is 4.79 Å². The van der Waals surface area contributed by atoms with Crippen LogP contribution in [0.15, 0.2) is 21.4 Å². The zero-order chi connectivity index (χ0) is 28.6. The highest BCUT2D eigenvalue weighted by Gasteiger charge is 2.59. The summed E-state index contributed by atoms with van der Waals surface area (Å²) in [6.45, 7) is 15.4. The van der Waals surface area contributed by atoms with E-state index in [-0.39, 0.29) is 52.0 Å². The lowest BCUT2D eigenvalue weighted by molar-refractivity contribution is -0.180. The number of esters is 2. The van der Waals surface area contributed by atoms with Crippen molar-refractivity contribution in [2.45, 2.75) is 98.2 Å². The lowest BCUT2D eigenvalue weighted by atomic mass is 9.45. The van der Waals surface area contributed by atoms with Gasteiger partial charge in [0.1, 0.15) is 17.4 Å². The summed E-state index contributed by atoms with van der Waals surface area (Å²) < 4.78 is 22.0. The summed E-state index contributed by atoms with van der Waals surface area (Å²) in [7, 11) is 2.67. The van der Waals surface area contributed by atoms with Crippen LogP contribution in [0.5, 0.6) is 5.95 Å². The van der Waals surface area contributed by atoms with E-state index in [1.165, 1.54) is 21.1 Å². The molecule has 5 atom stereocenters. The maximum Gasteiger partial charge on any atom is 0.345 e. The van der Waals surface area contributed by atoms with E-state index in [2.05, 4.69) is 20.4 Å². The summed E-state index contributed by atoms with van der Waals surface area (Å²) >= 11 is 0. The number of aryl methyl sites for hydroxylation is 1. The number of carbonyl (C=O) groups excluding carboxylic acids is 2. The molecule has 0 spiro atoms. The van der Waals surface area contributed by atoms with E-state index in [0.29, 0.717) is 31.2 Å². The fourth-order valence-corrected chi connectivity index (χ4v) is 7.19. The number of allylic oxidation sites excluding steroid dienone is 1. The highest BCUT2D eigenvalue weighted by Crippen LogP contribution is 2.63. The molecule has 1 N–H and O–H groups in total. The Morgan fingerprint density at radius 2 is 1.87 bits per heavy atom. The minimum absolute atomic E-state index is 0.0917. The smallest absolute Gasteiger partial charge is 0.345 e. The SMILES string of the molecule is C=C1CC[C@@H]2[C@@](C)(CCC(C)(C)O)[C@@H](OC(C)=O)CC[C@@]2(C)[C@H]1Cc1c(OC)oc(C)c(C(=O)OC)c1=O. The Bertz CT molecular complexity index is 1140. The Kier molecular flexibility index (Phi) is 8.56. The number of ether oxygens (including phenoxy) is 3. The summed E-state index contributed by atoms with van der Waals surface area (Å²) in [5.41, 5.74) is -0.735. The summed E-state index contributed by atoms with van der Waals surface area (Å²) in [4.78, 5) is 38.0. The van der Waals surface area contributed by atoms with Gasteiger partial charge in [0.05, 0.1) is 25.4 Å². The van der Waals surface area contributed by atoms with Crippen LogP contribution in [-0.2, 0) is 20.7 Å². The highest BCUT2D eigenvalue weighted by molar-refractivity contribution is 5.90. The van der Waals surface area contributed by atoms with E-state index >= 15 is 0 Å². The van der Waals surface area contributed by atoms with Crippen LogP contribution in [0.4, 0.5) is 0 Å². The molecule has 2 aliphatic rings. The van der Waals surface area contributed by atoms with Crippen molar-refractivity contribution in [3.05, 3.63) is 39.3 Å². The molecule has 0 aliphatic heterocycles. The van der Waals surface area contributed by atoms with Crippen LogP contribution < -0.4 is 10.2 Å². The van der Waals surface area contributed by atoms with Crippen LogP contribution in [0.1, 0.15) is 94.8 Å². The van der Waals surface area contributed by atoms with Gasteiger partial charge in [-0.3, -0.25) is 9.59 Å². The molecule has 1 heterocycles. The van der Waals surface area contributed by atoms with Crippen LogP contribution in [0.25, 0.3) is 0 Å². The third-order valence-corrected chi connectivity index (χ3v) is 9.23. The average molecular weight is 533 g/mol. The van der Waals surface area contributed by atoms with Crippen molar-refractivity contribution in [1.29, 1.82) is 0 Å². The first-order chi connectivity index (χ1) is 17.6. The van der Waals surface area contributed by atoms with Crippen LogP contribution in [-0.4, -0.2) is 43.0 Å². The first kappa shape index (κ1) is 29.9. The van der Waals surface area contributed by atoms with E-state index in [9.17, 15) is 19.5 Å². The molecule has 3 rings (SSSR count). The zero-order valence-electron chi connectivity index (χ0n) is 24.2. The molecule has 0 amide bonds. The predicted octanol–water partition coefficient (Wildman–Crippen LogP) is 5.16. The molecule has 1 aromatic heterocycles. The molecule has 8 nitrogen and oxygen atoms in total. The molecule has 0 unspecified atom stereocenters. The molecule has 212 valence electrons. The molecule has 8 heteroatoms. The Balaban J connectivity index is 2.09. The molecule has 2 saturated carbocycles. The van der Waals surface area contributed by atoms with Crippen LogP contribution in [0.2, 0.25) is 0 Å². The average Bonchev–Trinajstić information content (AvgIpc) is 2.82. The van der Waals surface area contributed by atoms with Crippen molar-refractivity contribution in [3.8, 4) is 5.95 Å². The monoisotopic (exact) mass is 532 g/mol. The van der Waals surface area contributed by atoms with Gasteiger partial charge in [-0.1, -0.05) is 26.0 Å². The summed E-state index contributed by atoms with van der Waals surface area (Å²) in [5, 5.41) is 10.6. The van der Waals surface area contributed by atoms with Gasteiger partial charge in [0.25, 0.3) is 5.95 Å². The van der Waals surface area contributed by atoms with Gasteiger partial charge in [-0.2, -0.15) is 0 Å². The molecule has 0 bridgehead atoms. The van der Waals surface area contributed by atoms with E-state index in [1.807, 2.05) is 0 Å². The lowest BCUT2D eigenvalue weighted by Crippen LogP contribution is -2.57. The maximum absolute atomic E-state index is 13.6. The Hall–Kier alpha value is -2.61. The number of hydrogen-bond donors (Lipinski definition) is 1.